The zero-order valence-corrected chi connectivity index (χ0v) is 16.5. The number of amides is 1. The van der Waals surface area contributed by atoms with E-state index >= 15 is 0 Å². The third-order valence-electron chi connectivity index (χ3n) is 4.35. The standard InChI is InChI=1S/C21H17F3N2O3S/c1-14-18(20(27)25-16-12-10-15(11-13-16)21(22,23)24)8-5-9-19(14)26-30(28,29)17-6-3-2-4-7-17/h2-13,26H,1H3,(H,25,27). The minimum Gasteiger partial charge on any atom is -0.322 e. The Morgan fingerprint density at radius 2 is 1.50 bits per heavy atom. The Balaban J connectivity index is 1.81. The molecule has 0 aromatic heterocycles. The van der Waals surface area contributed by atoms with Gasteiger partial charge in [-0.1, -0.05) is 24.3 Å². The molecule has 0 saturated carbocycles. The number of anilines is 2. The third kappa shape index (κ3) is 4.80. The van der Waals surface area contributed by atoms with E-state index in [0.29, 0.717) is 5.56 Å². The predicted molar refractivity (Wildman–Crippen MR) is 108 cm³/mol. The van der Waals surface area contributed by atoms with Crippen LogP contribution in [0.1, 0.15) is 21.5 Å². The van der Waals surface area contributed by atoms with Gasteiger partial charge in [0, 0.05) is 11.3 Å². The molecule has 0 fully saturated rings. The zero-order chi connectivity index (χ0) is 21.9. The number of halogens is 3. The summed E-state index contributed by atoms with van der Waals surface area (Å²) in [5, 5.41) is 2.52. The second-order valence-electron chi connectivity index (χ2n) is 6.43. The second-order valence-corrected chi connectivity index (χ2v) is 8.11. The average Bonchev–Trinajstić information content (AvgIpc) is 2.70. The lowest BCUT2D eigenvalue weighted by atomic mass is 10.1. The molecule has 5 nitrogen and oxygen atoms in total. The van der Waals surface area contributed by atoms with Crippen LogP contribution in [-0.2, 0) is 16.2 Å². The van der Waals surface area contributed by atoms with Crippen LogP contribution >= 0.6 is 0 Å². The molecule has 30 heavy (non-hydrogen) atoms. The molecular weight excluding hydrogens is 417 g/mol. The lowest BCUT2D eigenvalue weighted by molar-refractivity contribution is -0.137. The van der Waals surface area contributed by atoms with E-state index in [2.05, 4.69) is 10.0 Å². The third-order valence-corrected chi connectivity index (χ3v) is 5.73. The van der Waals surface area contributed by atoms with E-state index in [4.69, 9.17) is 0 Å². The van der Waals surface area contributed by atoms with Crippen molar-refractivity contribution in [1.29, 1.82) is 0 Å². The fraction of sp³-hybridized carbons (Fsp3) is 0.0952. The molecule has 0 aliphatic heterocycles. The van der Waals surface area contributed by atoms with E-state index in [1.54, 1.807) is 25.1 Å². The number of sulfonamides is 1. The van der Waals surface area contributed by atoms with Crippen molar-refractivity contribution in [2.75, 3.05) is 10.0 Å². The van der Waals surface area contributed by atoms with Gasteiger partial charge in [-0.3, -0.25) is 9.52 Å². The summed E-state index contributed by atoms with van der Waals surface area (Å²) in [5.41, 5.74) is 0.139. The lowest BCUT2D eigenvalue weighted by Crippen LogP contribution is -2.17. The summed E-state index contributed by atoms with van der Waals surface area (Å²) in [6, 6.07) is 16.3. The van der Waals surface area contributed by atoms with E-state index in [1.807, 2.05) is 0 Å². The summed E-state index contributed by atoms with van der Waals surface area (Å²) in [6.07, 6.45) is -4.47. The maximum absolute atomic E-state index is 12.7. The highest BCUT2D eigenvalue weighted by Gasteiger charge is 2.30. The number of carbonyl (C=O) groups is 1. The lowest BCUT2D eigenvalue weighted by Gasteiger charge is -2.14. The topological polar surface area (TPSA) is 75.3 Å². The average molecular weight is 434 g/mol. The van der Waals surface area contributed by atoms with Gasteiger partial charge in [-0.05, 0) is 61.0 Å². The van der Waals surface area contributed by atoms with Crippen LogP contribution in [0.3, 0.4) is 0 Å². The molecule has 0 unspecified atom stereocenters. The first kappa shape index (κ1) is 21.4. The fourth-order valence-corrected chi connectivity index (χ4v) is 3.88. The van der Waals surface area contributed by atoms with Gasteiger partial charge >= 0.3 is 6.18 Å². The molecule has 2 N–H and O–H groups in total. The van der Waals surface area contributed by atoms with E-state index in [1.165, 1.54) is 30.3 Å². The molecule has 9 heteroatoms. The predicted octanol–water partition coefficient (Wildman–Crippen LogP) is 5.07. The molecule has 0 heterocycles. The molecule has 0 atom stereocenters. The number of carbonyl (C=O) groups excluding carboxylic acids is 1. The van der Waals surface area contributed by atoms with Gasteiger partial charge in [0.25, 0.3) is 15.9 Å². The van der Waals surface area contributed by atoms with Crippen molar-refractivity contribution in [2.24, 2.45) is 0 Å². The molecular formula is C21H17F3N2O3S. The van der Waals surface area contributed by atoms with Crippen molar-refractivity contribution in [2.45, 2.75) is 18.0 Å². The Kier molecular flexibility index (Phi) is 5.84. The molecule has 3 aromatic carbocycles. The van der Waals surface area contributed by atoms with Gasteiger partial charge in [-0.25, -0.2) is 8.42 Å². The molecule has 0 saturated heterocycles. The van der Waals surface area contributed by atoms with Crippen LogP contribution in [0.4, 0.5) is 24.5 Å². The molecule has 0 aliphatic carbocycles. The molecule has 0 radical (unpaired) electrons. The minimum atomic E-state index is -4.47. The van der Waals surface area contributed by atoms with E-state index in [0.717, 1.165) is 24.3 Å². The number of nitrogens with one attached hydrogen (secondary N) is 2. The van der Waals surface area contributed by atoms with Gasteiger partial charge in [-0.2, -0.15) is 13.2 Å². The van der Waals surface area contributed by atoms with Crippen LogP contribution < -0.4 is 10.0 Å². The first-order valence-corrected chi connectivity index (χ1v) is 10.2. The normalized spacial score (nSPS) is 11.7. The molecule has 3 rings (SSSR count). The maximum atomic E-state index is 12.7. The van der Waals surface area contributed by atoms with E-state index in [9.17, 15) is 26.4 Å². The van der Waals surface area contributed by atoms with Gasteiger partial charge in [-0.15, -0.1) is 0 Å². The minimum absolute atomic E-state index is 0.0732. The number of alkyl halides is 3. The van der Waals surface area contributed by atoms with Crippen LogP contribution in [0.25, 0.3) is 0 Å². The van der Waals surface area contributed by atoms with Crippen LogP contribution in [0.15, 0.2) is 77.7 Å². The smallest absolute Gasteiger partial charge is 0.322 e. The molecule has 0 aliphatic rings. The molecule has 0 bridgehead atoms. The first-order valence-electron chi connectivity index (χ1n) is 8.74. The van der Waals surface area contributed by atoms with Crippen LogP contribution in [-0.4, -0.2) is 14.3 Å². The highest BCUT2D eigenvalue weighted by molar-refractivity contribution is 7.92. The van der Waals surface area contributed by atoms with Crippen molar-refractivity contribution in [1.82, 2.24) is 0 Å². The number of benzene rings is 3. The first-order chi connectivity index (χ1) is 14.1. The highest BCUT2D eigenvalue weighted by Crippen LogP contribution is 2.30. The molecule has 1 amide bonds. The zero-order valence-electron chi connectivity index (χ0n) is 15.7. The Morgan fingerprint density at radius 3 is 2.10 bits per heavy atom. The van der Waals surface area contributed by atoms with Crippen molar-refractivity contribution in [3.8, 4) is 0 Å². The largest absolute Gasteiger partial charge is 0.416 e. The molecule has 0 spiro atoms. The molecule has 3 aromatic rings. The number of rotatable bonds is 5. The van der Waals surface area contributed by atoms with Crippen LogP contribution in [0, 0.1) is 6.92 Å². The summed E-state index contributed by atoms with van der Waals surface area (Å²) in [6.45, 7) is 1.57. The van der Waals surface area contributed by atoms with Gasteiger partial charge in [0.2, 0.25) is 0 Å². The van der Waals surface area contributed by atoms with Crippen molar-refractivity contribution in [3.63, 3.8) is 0 Å². The summed E-state index contributed by atoms with van der Waals surface area (Å²) in [7, 11) is -3.84. The van der Waals surface area contributed by atoms with Crippen molar-refractivity contribution < 1.29 is 26.4 Å². The Bertz CT molecular complexity index is 1160. The number of hydrogen-bond acceptors (Lipinski definition) is 3. The van der Waals surface area contributed by atoms with Crippen molar-refractivity contribution >= 4 is 27.3 Å². The van der Waals surface area contributed by atoms with E-state index in [-0.39, 0.29) is 21.8 Å². The highest BCUT2D eigenvalue weighted by atomic mass is 32.2. The monoisotopic (exact) mass is 434 g/mol. The van der Waals surface area contributed by atoms with Crippen molar-refractivity contribution in [3.05, 3.63) is 89.5 Å². The fourth-order valence-electron chi connectivity index (χ4n) is 2.74. The van der Waals surface area contributed by atoms with Gasteiger partial charge in [0.1, 0.15) is 0 Å². The second kappa shape index (κ2) is 8.19. The van der Waals surface area contributed by atoms with E-state index < -0.39 is 27.7 Å². The maximum Gasteiger partial charge on any atom is 0.416 e. The van der Waals surface area contributed by atoms with Crippen LogP contribution in [0.5, 0.6) is 0 Å². The summed E-state index contributed by atoms with van der Waals surface area (Å²) in [5.74, 6) is -0.576. The summed E-state index contributed by atoms with van der Waals surface area (Å²) >= 11 is 0. The summed E-state index contributed by atoms with van der Waals surface area (Å²) in [4.78, 5) is 12.7. The van der Waals surface area contributed by atoms with Gasteiger partial charge in [0.05, 0.1) is 16.1 Å². The van der Waals surface area contributed by atoms with Gasteiger partial charge in [0.15, 0.2) is 0 Å². The van der Waals surface area contributed by atoms with Crippen LogP contribution in [0.2, 0.25) is 0 Å². The Morgan fingerprint density at radius 1 is 0.867 bits per heavy atom. The Labute approximate surface area is 171 Å². The molecule has 156 valence electrons. The number of hydrogen-bond donors (Lipinski definition) is 2. The Hall–Kier alpha value is -3.33. The SMILES string of the molecule is Cc1c(NS(=O)(=O)c2ccccc2)cccc1C(=O)Nc1ccc(C(F)(F)F)cc1. The quantitative estimate of drug-likeness (QED) is 0.589. The summed E-state index contributed by atoms with van der Waals surface area (Å²) < 4.78 is 65.5. The van der Waals surface area contributed by atoms with Gasteiger partial charge < -0.3 is 5.32 Å².